The molecule has 1 amide bonds. The van der Waals surface area contributed by atoms with E-state index in [4.69, 9.17) is 0 Å². The predicted octanol–water partition coefficient (Wildman–Crippen LogP) is 6.79. The Bertz CT molecular complexity index is 1620. The Morgan fingerprint density at radius 3 is 2.52 bits per heavy atom. The highest BCUT2D eigenvalue weighted by Crippen LogP contribution is 2.60. The Kier molecular flexibility index (Phi) is 8.73. The summed E-state index contributed by atoms with van der Waals surface area (Å²) in [4.78, 5) is 29.5. The normalized spacial score (nSPS) is 18.8. The van der Waals surface area contributed by atoms with E-state index in [0.29, 0.717) is 18.2 Å². The van der Waals surface area contributed by atoms with Gasteiger partial charge in [0.25, 0.3) is 0 Å². The number of amides is 1. The molecule has 2 aliphatic heterocycles. The molecule has 2 aromatic carbocycles. The van der Waals surface area contributed by atoms with Gasteiger partial charge < -0.3 is 25.4 Å². The number of aromatic amines is 1. The third kappa shape index (κ3) is 6.81. The van der Waals surface area contributed by atoms with Crippen molar-refractivity contribution in [1.82, 2.24) is 25.2 Å². The van der Waals surface area contributed by atoms with Crippen molar-refractivity contribution in [2.75, 3.05) is 43.4 Å². The lowest BCUT2D eigenvalue weighted by atomic mass is 9.96. The lowest BCUT2D eigenvalue weighted by molar-refractivity contribution is -0.125. The molecule has 0 aliphatic carbocycles. The molecular weight excluding hydrogens is 587 g/mol. The first-order valence-electron chi connectivity index (χ1n) is 15.1. The van der Waals surface area contributed by atoms with Gasteiger partial charge >= 0.3 is 0 Å². The third-order valence-electron chi connectivity index (χ3n) is 8.76. The maximum Gasteiger partial charge on any atom is 0.237 e. The first-order valence-corrected chi connectivity index (χ1v) is 16.4. The van der Waals surface area contributed by atoms with Gasteiger partial charge in [-0.05, 0) is 94.2 Å². The van der Waals surface area contributed by atoms with Crippen LogP contribution in [-0.2, 0) is 11.3 Å². The van der Waals surface area contributed by atoms with Crippen molar-refractivity contribution in [1.29, 1.82) is 0 Å². The second-order valence-corrected chi connectivity index (χ2v) is 13.2. The number of halogens is 3. The van der Waals surface area contributed by atoms with Crippen molar-refractivity contribution in [2.24, 2.45) is 5.92 Å². The average Bonchev–Trinajstić information content (AvgIpc) is 3.45. The largest absolute Gasteiger partial charge is 0.382 e. The predicted molar refractivity (Wildman–Crippen MR) is 171 cm³/mol. The molecule has 2 saturated heterocycles. The number of fused-ring (bicyclic) bond motifs is 1. The molecule has 234 valence electrons. The number of anilines is 2. The molecule has 0 unspecified atom stereocenters. The molecule has 2 fully saturated rings. The molecule has 2 aromatic heterocycles. The number of benzene rings is 2. The molecule has 3 N–H and O–H groups in total. The highest BCUT2D eigenvalue weighted by atomic mass is 32.3. The monoisotopic (exact) mass is 625 g/mol. The van der Waals surface area contributed by atoms with Crippen molar-refractivity contribution in [3.63, 3.8) is 0 Å². The molecule has 0 saturated carbocycles. The van der Waals surface area contributed by atoms with Crippen LogP contribution in [0.5, 0.6) is 0 Å². The molecule has 1 atom stereocenters. The first-order chi connectivity index (χ1) is 21.1. The molecule has 8 nitrogen and oxygen atoms in total. The van der Waals surface area contributed by atoms with Crippen LogP contribution in [0.25, 0.3) is 22.3 Å². The second kappa shape index (κ2) is 12.7. The van der Waals surface area contributed by atoms with Crippen LogP contribution in [0.1, 0.15) is 36.8 Å². The molecule has 12 heteroatoms. The van der Waals surface area contributed by atoms with E-state index in [2.05, 4.69) is 73.6 Å². The van der Waals surface area contributed by atoms with E-state index < -0.39 is 16.1 Å². The number of H-pyrrole nitrogens is 1. The summed E-state index contributed by atoms with van der Waals surface area (Å²) in [5, 5.41) is 7.52. The molecule has 0 spiro atoms. The molecule has 4 aromatic rings. The molecule has 2 aliphatic rings. The van der Waals surface area contributed by atoms with E-state index in [1.54, 1.807) is 6.33 Å². The van der Waals surface area contributed by atoms with Crippen LogP contribution in [0.4, 0.5) is 23.2 Å². The fourth-order valence-electron chi connectivity index (χ4n) is 6.25. The van der Waals surface area contributed by atoms with Gasteiger partial charge in [-0.2, -0.15) is 0 Å². The number of hydrogen-bond donors (Lipinski definition) is 3. The van der Waals surface area contributed by atoms with Crippen molar-refractivity contribution >= 4 is 39.6 Å². The average molecular weight is 626 g/mol. The van der Waals surface area contributed by atoms with E-state index in [-0.39, 0.29) is 18.4 Å². The SMILES string of the molecule is Cc1cc(NC2CCN(C)CC2)ccc1-c1cc2c(N3CCC[C@H](C(=O)NCc4ccc(S(F)(F)F)cc4)C3)ncnc2[nH]1. The van der Waals surface area contributed by atoms with Crippen molar-refractivity contribution in [3.8, 4) is 11.3 Å². The van der Waals surface area contributed by atoms with E-state index in [1.807, 2.05) is 0 Å². The van der Waals surface area contributed by atoms with Crippen LogP contribution in [0.15, 0.2) is 59.8 Å². The van der Waals surface area contributed by atoms with E-state index >= 15 is 0 Å². The fourth-order valence-corrected chi connectivity index (χ4v) is 6.69. The maximum absolute atomic E-state index is 13.1. The zero-order valence-corrected chi connectivity index (χ0v) is 25.8. The Balaban J connectivity index is 1.13. The van der Waals surface area contributed by atoms with Gasteiger partial charge in [0.05, 0.1) is 16.2 Å². The number of piperidine rings is 2. The summed E-state index contributed by atoms with van der Waals surface area (Å²) in [7, 11) is 2.17. The van der Waals surface area contributed by atoms with Crippen LogP contribution < -0.4 is 15.5 Å². The highest BCUT2D eigenvalue weighted by molar-refractivity contribution is 8.20. The van der Waals surface area contributed by atoms with E-state index in [0.717, 1.165) is 96.8 Å². The van der Waals surface area contributed by atoms with Gasteiger partial charge in [0.2, 0.25) is 17.1 Å². The summed E-state index contributed by atoms with van der Waals surface area (Å²) in [6, 6.07) is 14.1. The topological polar surface area (TPSA) is 89.2 Å². The van der Waals surface area contributed by atoms with Gasteiger partial charge in [-0.1, -0.05) is 18.2 Å². The molecule has 0 radical (unpaired) electrons. The van der Waals surface area contributed by atoms with Gasteiger partial charge in [-0.25, -0.2) is 9.97 Å². The Morgan fingerprint density at radius 1 is 1.02 bits per heavy atom. The number of hydrogen-bond acceptors (Lipinski definition) is 6. The summed E-state index contributed by atoms with van der Waals surface area (Å²) in [5.74, 6) is 0.432. The number of aromatic nitrogens is 3. The van der Waals surface area contributed by atoms with E-state index in [9.17, 15) is 16.5 Å². The summed E-state index contributed by atoms with van der Waals surface area (Å²) in [5.41, 5.74) is 5.74. The summed E-state index contributed by atoms with van der Waals surface area (Å²) in [6.07, 6.45) is 5.39. The molecule has 0 bridgehead atoms. The van der Waals surface area contributed by atoms with Crippen LogP contribution >= 0.6 is 11.2 Å². The van der Waals surface area contributed by atoms with Gasteiger partial charge in [0, 0.05) is 42.6 Å². The van der Waals surface area contributed by atoms with Crippen molar-refractivity contribution in [3.05, 3.63) is 66.0 Å². The minimum atomic E-state index is -5.25. The van der Waals surface area contributed by atoms with Crippen molar-refractivity contribution < 1.29 is 16.5 Å². The first kappa shape index (κ1) is 30.3. The number of carbonyl (C=O) groups excluding carboxylic acids is 1. The number of nitrogens with zero attached hydrogens (tertiary/aromatic N) is 4. The number of nitrogens with one attached hydrogen (secondary N) is 3. The van der Waals surface area contributed by atoms with Gasteiger partial charge in [-0.3, -0.25) is 4.79 Å². The van der Waals surface area contributed by atoms with E-state index in [1.165, 1.54) is 12.1 Å². The standard InChI is InChI=1S/C32H38F3N7OS/c1-21-16-25(39-24-11-14-41(2)15-12-24)7-10-27(21)29-17-28-30(40-29)37-20-38-31(28)42-13-3-4-23(19-42)32(43)36-18-22-5-8-26(9-6-22)44(33,34)35/h5-10,16-17,20,23-24,39H,3-4,11-15,18-19H2,1-2H3,(H,36,43)(H,37,38,40)/t23-/m0/s1. The Hall–Kier alpha value is -3.77. The maximum atomic E-state index is 13.1. The summed E-state index contributed by atoms with van der Waals surface area (Å²) in [6.45, 7) is 5.80. The van der Waals surface area contributed by atoms with Crippen LogP contribution in [0.3, 0.4) is 0 Å². The van der Waals surface area contributed by atoms with Gasteiger partial charge in [0.1, 0.15) is 17.8 Å². The van der Waals surface area contributed by atoms with Crippen molar-refractivity contribution in [2.45, 2.75) is 50.1 Å². The van der Waals surface area contributed by atoms with Crippen LogP contribution in [0, 0.1) is 12.8 Å². The number of carbonyl (C=O) groups is 1. The summed E-state index contributed by atoms with van der Waals surface area (Å²) >= 11 is -5.25. The Morgan fingerprint density at radius 2 is 1.80 bits per heavy atom. The van der Waals surface area contributed by atoms with Gasteiger partial charge in [0.15, 0.2) is 0 Å². The number of aryl methyl sites for hydroxylation is 1. The zero-order valence-electron chi connectivity index (χ0n) is 25.0. The molecule has 44 heavy (non-hydrogen) atoms. The van der Waals surface area contributed by atoms with Crippen LogP contribution in [0.2, 0.25) is 0 Å². The molecule has 6 rings (SSSR count). The fraction of sp³-hybridized carbons (Fsp3) is 0.406. The lowest BCUT2D eigenvalue weighted by Crippen LogP contribution is -2.43. The molecule has 4 heterocycles. The highest BCUT2D eigenvalue weighted by Gasteiger charge is 2.28. The minimum absolute atomic E-state index is 0.107. The minimum Gasteiger partial charge on any atom is -0.382 e. The van der Waals surface area contributed by atoms with Crippen LogP contribution in [-0.4, -0.2) is 65.0 Å². The lowest BCUT2D eigenvalue weighted by Gasteiger charge is -2.33. The quantitative estimate of drug-likeness (QED) is 0.200. The number of likely N-dealkylation sites (tertiary alicyclic amines) is 1. The summed E-state index contributed by atoms with van der Waals surface area (Å²) < 4.78 is 38.8. The third-order valence-corrected chi connectivity index (χ3v) is 9.57. The smallest absolute Gasteiger partial charge is 0.237 e. The number of rotatable bonds is 8. The van der Waals surface area contributed by atoms with Gasteiger partial charge in [-0.15, -0.1) is 11.7 Å². The second-order valence-electron chi connectivity index (χ2n) is 11.9. The zero-order chi connectivity index (χ0) is 30.8. The molecular formula is C32H38F3N7OS. The Labute approximate surface area is 257 Å².